The Bertz CT molecular complexity index is 1130. The fourth-order valence-electron chi connectivity index (χ4n) is 3.23. The second-order valence-corrected chi connectivity index (χ2v) is 9.07. The van der Waals surface area contributed by atoms with Crippen LogP contribution in [0.15, 0.2) is 64.9 Å². The molecule has 8 heteroatoms. The maximum absolute atomic E-state index is 13.4. The van der Waals surface area contributed by atoms with E-state index in [-0.39, 0.29) is 10.8 Å². The highest BCUT2D eigenvalue weighted by Crippen LogP contribution is 2.32. The molecule has 0 unspecified atom stereocenters. The number of benzene rings is 2. The van der Waals surface area contributed by atoms with Gasteiger partial charge in [-0.15, -0.1) is 11.3 Å². The SMILES string of the molecule is O=C(c1cccs1)N1CCCc2ccc(NS(=O)(=O)c3cccc(F)c3)cc21. The number of halogens is 1. The Balaban J connectivity index is 1.66. The zero-order valence-electron chi connectivity index (χ0n) is 14.8. The van der Waals surface area contributed by atoms with Crippen LogP contribution in [0.4, 0.5) is 15.8 Å². The van der Waals surface area contributed by atoms with E-state index >= 15 is 0 Å². The summed E-state index contributed by atoms with van der Waals surface area (Å²) in [5, 5.41) is 1.85. The van der Waals surface area contributed by atoms with Crippen LogP contribution >= 0.6 is 11.3 Å². The molecule has 0 spiro atoms. The molecule has 1 aliphatic heterocycles. The minimum absolute atomic E-state index is 0.0962. The van der Waals surface area contributed by atoms with Crippen LogP contribution in [0.2, 0.25) is 0 Å². The molecule has 2 aromatic carbocycles. The lowest BCUT2D eigenvalue weighted by molar-refractivity contribution is 0.0989. The first kappa shape index (κ1) is 18.6. The quantitative estimate of drug-likeness (QED) is 0.690. The van der Waals surface area contributed by atoms with Crippen LogP contribution in [0.1, 0.15) is 21.7 Å². The molecule has 1 amide bonds. The van der Waals surface area contributed by atoms with Gasteiger partial charge >= 0.3 is 0 Å². The Morgan fingerprint density at radius 3 is 2.71 bits per heavy atom. The molecule has 1 aromatic heterocycles. The van der Waals surface area contributed by atoms with Gasteiger partial charge in [-0.2, -0.15) is 0 Å². The van der Waals surface area contributed by atoms with Gasteiger partial charge in [0.15, 0.2) is 0 Å². The third-order valence-corrected chi connectivity index (χ3v) is 6.78. The van der Waals surface area contributed by atoms with Gasteiger partial charge in [0.05, 0.1) is 15.5 Å². The Labute approximate surface area is 166 Å². The Morgan fingerprint density at radius 2 is 1.96 bits per heavy atom. The minimum Gasteiger partial charge on any atom is -0.307 e. The molecular weight excluding hydrogens is 399 g/mol. The predicted molar refractivity (Wildman–Crippen MR) is 108 cm³/mol. The van der Waals surface area contributed by atoms with Crippen molar-refractivity contribution in [3.63, 3.8) is 0 Å². The number of aryl methyl sites for hydroxylation is 1. The van der Waals surface area contributed by atoms with Gasteiger partial charge in [-0.05, 0) is 60.2 Å². The van der Waals surface area contributed by atoms with Gasteiger partial charge in [-0.1, -0.05) is 18.2 Å². The lowest BCUT2D eigenvalue weighted by atomic mass is 10.0. The Morgan fingerprint density at radius 1 is 1.11 bits per heavy atom. The predicted octanol–water partition coefficient (Wildman–Crippen LogP) is 4.28. The fourth-order valence-corrected chi connectivity index (χ4v) is 4.98. The molecule has 0 bridgehead atoms. The summed E-state index contributed by atoms with van der Waals surface area (Å²) in [6.45, 7) is 0.573. The summed E-state index contributed by atoms with van der Waals surface area (Å²) >= 11 is 1.37. The highest BCUT2D eigenvalue weighted by molar-refractivity contribution is 7.92. The number of rotatable bonds is 4. The van der Waals surface area contributed by atoms with E-state index in [1.165, 1.54) is 29.5 Å². The molecule has 0 atom stereocenters. The van der Waals surface area contributed by atoms with E-state index < -0.39 is 15.8 Å². The first-order valence-electron chi connectivity index (χ1n) is 8.71. The summed E-state index contributed by atoms with van der Waals surface area (Å²) in [4.78, 5) is 15.0. The number of carbonyl (C=O) groups is 1. The number of nitrogens with one attached hydrogen (secondary N) is 1. The number of amides is 1. The Hall–Kier alpha value is -2.71. The summed E-state index contributed by atoms with van der Waals surface area (Å²) in [5.41, 5.74) is 2.02. The van der Waals surface area contributed by atoms with Crippen molar-refractivity contribution < 1.29 is 17.6 Å². The molecule has 0 saturated carbocycles. The molecule has 4 rings (SSSR count). The zero-order valence-corrected chi connectivity index (χ0v) is 16.4. The van der Waals surface area contributed by atoms with Gasteiger partial charge in [0.25, 0.3) is 15.9 Å². The lowest BCUT2D eigenvalue weighted by Crippen LogP contribution is -2.35. The molecule has 0 aliphatic carbocycles. The average molecular weight is 416 g/mol. The fraction of sp³-hybridized carbons (Fsp3) is 0.150. The van der Waals surface area contributed by atoms with E-state index in [1.807, 2.05) is 17.5 Å². The topological polar surface area (TPSA) is 66.5 Å². The second kappa shape index (κ2) is 7.37. The van der Waals surface area contributed by atoms with Crippen LogP contribution in [0.25, 0.3) is 0 Å². The molecule has 28 heavy (non-hydrogen) atoms. The number of carbonyl (C=O) groups excluding carboxylic acids is 1. The van der Waals surface area contributed by atoms with Crippen molar-refractivity contribution in [3.05, 3.63) is 76.2 Å². The normalized spacial score (nSPS) is 13.8. The van der Waals surface area contributed by atoms with Gasteiger partial charge in [-0.3, -0.25) is 9.52 Å². The average Bonchev–Trinajstić information content (AvgIpc) is 3.21. The molecule has 0 radical (unpaired) electrons. The van der Waals surface area contributed by atoms with E-state index in [0.29, 0.717) is 22.8 Å². The summed E-state index contributed by atoms with van der Waals surface area (Å²) in [5.74, 6) is -0.720. The molecule has 5 nitrogen and oxygen atoms in total. The van der Waals surface area contributed by atoms with E-state index in [1.54, 1.807) is 23.1 Å². The monoisotopic (exact) mass is 416 g/mol. The summed E-state index contributed by atoms with van der Waals surface area (Å²) < 4.78 is 41.0. The van der Waals surface area contributed by atoms with Gasteiger partial charge in [0.2, 0.25) is 0 Å². The molecule has 2 heterocycles. The lowest BCUT2D eigenvalue weighted by Gasteiger charge is -2.29. The number of hydrogen-bond donors (Lipinski definition) is 1. The Kier molecular flexibility index (Phi) is 4.91. The van der Waals surface area contributed by atoms with E-state index in [0.717, 1.165) is 24.5 Å². The van der Waals surface area contributed by atoms with Crippen LogP contribution in [-0.2, 0) is 16.4 Å². The molecule has 1 aliphatic rings. The highest BCUT2D eigenvalue weighted by Gasteiger charge is 2.25. The van der Waals surface area contributed by atoms with Crippen molar-refractivity contribution >= 4 is 38.6 Å². The maximum Gasteiger partial charge on any atom is 0.268 e. The number of nitrogens with zero attached hydrogens (tertiary/aromatic N) is 1. The van der Waals surface area contributed by atoms with E-state index in [2.05, 4.69) is 4.72 Å². The number of thiophene rings is 1. The van der Waals surface area contributed by atoms with E-state index in [4.69, 9.17) is 0 Å². The van der Waals surface area contributed by atoms with Gasteiger partial charge in [0, 0.05) is 12.2 Å². The third kappa shape index (κ3) is 3.65. The van der Waals surface area contributed by atoms with Crippen molar-refractivity contribution in [1.29, 1.82) is 0 Å². The largest absolute Gasteiger partial charge is 0.307 e. The van der Waals surface area contributed by atoms with Crippen molar-refractivity contribution in [2.75, 3.05) is 16.2 Å². The summed E-state index contributed by atoms with van der Waals surface area (Å²) in [7, 11) is -3.93. The zero-order chi connectivity index (χ0) is 19.7. The molecule has 1 N–H and O–H groups in total. The maximum atomic E-state index is 13.4. The van der Waals surface area contributed by atoms with E-state index in [9.17, 15) is 17.6 Å². The molecule has 0 saturated heterocycles. The first-order valence-corrected chi connectivity index (χ1v) is 11.1. The van der Waals surface area contributed by atoms with Crippen molar-refractivity contribution in [1.82, 2.24) is 0 Å². The minimum atomic E-state index is -3.93. The highest BCUT2D eigenvalue weighted by atomic mass is 32.2. The smallest absolute Gasteiger partial charge is 0.268 e. The molecule has 0 fully saturated rings. The van der Waals surface area contributed by atoms with Crippen LogP contribution in [0, 0.1) is 5.82 Å². The van der Waals surface area contributed by atoms with Crippen LogP contribution in [0.3, 0.4) is 0 Å². The summed E-state index contributed by atoms with van der Waals surface area (Å²) in [6.07, 6.45) is 1.67. The van der Waals surface area contributed by atoms with Crippen LogP contribution in [-0.4, -0.2) is 20.9 Å². The summed E-state index contributed by atoms with van der Waals surface area (Å²) in [6, 6.07) is 13.6. The van der Waals surface area contributed by atoms with Crippen LogP contribution < -0.4 is 9.62 Å². The van der Waals surface area contributed by atoms with Crippen molar-refractivity contribution in [2.24, 2.45) is 0 Å². The van der Waals surface area contributed by atoms with Gasteiger partial charge < -0.3 is 4.90 Å². The van der Waals surface area contributed by atoms with Gasteiger partial charge in [0.1, 0.15) is 5.82 Å². The number of sulfonamides is 1. The standard InChI is InChI=1S/C20H17FN2O3S2/c21-15-5-1-6-17(12-15)28(25,26)22-16-9-8-14-4-2-10-23(18(14)13-16)20(24)19-7-3-11-27-19/h1,3,5-9,11-13,22H,2,4,10H2. The molecule has 144 valence electrons. The van der Waals surface area contributed by atoms with Crippen molar-refractivity contribution in [2.45, 2.75) is 17.7 Å². The van der Waals surface area contributed by atoms with Crippen molar-refractivity contribution in [3.8, 4) is 0 Å². The number of fused-ring (bicyclic) bond motifs is 1. The molecule has 3 aromatic rings. The third-order valence-electron chi connectivity index (χ3n) is 4.54. The first-order chi connectivity index (χ1) is 13.4. The second-order valence-electron chi connectivity index (χ2n) is 6.44. The van der Waals surface area contributed by atoms with Crippen LogP contribution in [0.5, 0.6) is 0 Å². The van der Waals surface area contributed by atoms with Gasteiger partial charge in [-0.25, -0.2) is 12.8 Å². The number of anilines is 2. The number of hydrogen-bond acceptors (Lipinski definition) is 4. The molecular formula is C20H17FN2O3S2.